The molecule has 6 atom stereocenters. The van der Waals surface area contributed by atoms with E-state index in [2.05, 4.69) is 18.6 Å². The lowest BCUT2D eigenvalue weighted by Crippen LogP contribution is -2.58. The fourth-order valence-electron chi connectivity index (χ4n) is 7.37. The van der Waals surface area contributed by atoms with Gasteiger partial charge in [0.15, 0.2) is 5.78 Å². The number of carbonyl (C=O) groups excluding carboxylic acids is 1. The van der Waals surface area contributed by atoms with Crippen LogP contribution in [-0.4, -0.2) is 17.9 Å². The minimum absolute atomic E-state index is 0.201. The first-order valence-corrected chi connectivity index (χ1v) is 10.5. The lowest BCUT2D eigenvalue weighted by molar-refractivity contribution is -0.117. The van der Waals surface area contributed by atoms with E-state index in [1.165, 1.54) is 49.9 Å². The first kappa shape index (κ1) is 15.9. The quantitative estimate of drug-likeness (QED) is 0.519. The number of carbonyl (C=O) groups is 1. The molecule has 5 rings (SSSR count). The molecule has 1 spiro atoms. The molecule has 0 bridgehead atoms. The molecule has 132 valence electrons. The highest BCUT2D eigenvalue weighted by atomic mass is 32.2. The Bertz CT molecular complexity index is 611. The molecule has 0 radical (unpaired) electrons. The van der Waals surface area contributed by atoms with Crippen molar-refractivity contribution in [3.8, 4) is 0 Å². The van der Waals surface area contributed by atoms with E-state index in [9.17, 15) is 4.79 Å². The molecular formula is C20H29NO2S. The Kier molecular flexibility index (Phi) is 3.38. The Labute approximate surface area is 149 Å². The second-order valence-electron chi connectivity index (χ2n) is 9.49. The van der Waals surface area contributed by atoms with Crippen LogP contribution < -0.4 is 4.72 Å². The molecule has 4 aliphatic carbocycles. The van der Waals surface area contributed by atoms with Crippen LogP contribution in [0.25, 0.3) is 0 Å². The summed E-state index contributed by atoms with van der Waals surface area (Å²) in [5.41, 5.74) is 2.35. The summed E-state index contributed by atoms with van der Waals surface area (Å²) in [6.45, 7) is 5.89. The summed E-state index contributed by atoms with van der Waals surface area (Å²) in [5, 5.41) is 0. The van der Waals surface area contributed by atoms with Crippen molar-refractivity contribution in [2.24, 2.45) is 28.6 Å². The maximum atomic E-state index is 11.9. The Hall–Kier alpha value is -0.320. The number of hydrogen-bond acceptors (Lipinski definition) is 4. The third-order valence-electron chi connectivity index (χ3n) is 8.93. The van der Waals surface area contributed by atoms with Crippen LogP contribution >= 0.6 is 12.2 Å². The van der Waals surface area contributed by atoms with E-state index in [1.807, 2.05) is 6.08 Å². The minimum Gasteiger partial charge on any atom is -0.299 e. The highest BCUT2D eigenvalue weighted by molar-refractivity contribution is 7.92. The number of allylic oxidation sites excluding steroid dienone is 1. The van der Waals surface area contributed by atoms with Gasteiger partial charge in [0, 0.05) is 6.42 Å². The molecule has 5 aliphatic rings. The van der Waals surface area contributed by atoms with Crippen LogP contribution in [0.2, 0.25) is 0 Å². The summed E-state index contributed by atoms with van der Waals surface area (Å²) in [7, 11) is 0. The molecule has 1 heterocycles. The average Bonchev–Trinajstić information content (AvgIpc) is 3.15. The summed E-state index contributed by atoms with van der Waals surface area (Å²) in [6, 6.07) is 0. The van der Waals surface area contributed by atoms with Gasteiger partial charge in [-0.15, -0.1) is 0 Å². The minimum atomic E-state index is 0.201. The predicted molar refractivity (Wildman–Crippen MR) is 96.1 cm³/mol. The number of ketones is 1. The van der Waals surface area contributed by atoms with E-state index in [4.69, 9.17) is 4.18 Å². The molecule has 0 amide bonds. The number of rotatable bonds is 0. The molecule has 1 unspecified atom stereocenters. The normalized spacial score (nSPS) is 53.5. The number of nitrogens with one attached hydrogen (secondary N) is 1. The van der Waals surface area contributed by atoms with Crippen LogP contribution in [0.4, 0.5) is 0 Å². The third-order valence-corrected chi connectivity index (χ3v) is 9.64. The van der Waals surface area contributed by atoms with E-state index in [-0.39, 0.29) is 5.54 Å². The maximum absolute atomic E-state index is 11.9. The zero-order valence-electron chi connectivity index (χ0n) is 14.9. The molecule has 0 aromatic rings. The van der Waals surface area contributed by atoms with Crippen LogP contribution in [0.1, 0.15) is 65.2 Å². The van der Waals surface area contributed by atoms with Gasteiger partial charge in [0.1, 0.15) is 0 Å². The van der Waals surface area contributed by atoms with Crippen LogP contribution in [0.3, 0.4) is 0 Å². The topological polar surface area (TPSA) is 38.3 Å². The summed E-state index contributed by atoms with van der Waals surface area (Å²) in [4.78, 5) is 11.9. The highest BCUT2D eigenvalue weighted by Gasteiger charge is 2.65. The molecule has 4 fully saturated rings. The van der Waals surface area contributed by atoms with E-state index >= 15 is 0 Å². The molecule has 3 nitrogen and oxygen atoms in total. The summed E-state index contributed by atoms with van der Waals surface area (Å²) >= 11 is 1.47. The van der Waals surface area contributed by atoms with Crippen LogP contribution in [0, 0.1) is 28.6 Å². The van der Waals surface area contributed by atoms with Gasteiger partial charge < -0.3 is 0 Å². The fourth-order valence-corrected chi connectivity index (χ4v) is 8.24. The summed E-state index contributed by atoms with van der Waals surface area (Å²) < 4.78 is 9.39. The first-order chi connectivity index (χ1) is 11.5. The zero-order chi connectivity index (χ0) is 16.6. The van der Waals surface area contributed by atoms with Gasteiger partial charge in [0.2, 0.25) is 0 Å². The molecule has 0 aromatic carbocycles. The monoisotopic (exact) mass is 347 g/mol. The SMILES string of the molecule is C[C@]12CCC(=O)C=C1CC[C@@H]1[C@@H]2CC[C@@]2(C)[C@H]1CCC21COSN1. The second kappa shape index (κ2) is 5.11. The first-order valence-electron chi connectivity index (χ1n) is 9.78. The zero-order valence-corrected chi connectivity index (χ0v) is 15.7. The highest BCUT2D eigenvalue weighted by Crippen LogP contribution is 2.68. The Morgan fingerprint density at radius 2 is 1.96 bits per heavy atom. The van der Waals surface area contributed by atoms with Gasteiger partial charge in [-0.3, -0.25) is 8.98 Å². The van der Waals surface area contributed by atoms with Crippen molar-refractivity contribution in [3.05, 3.63) is 11.6 Å². The van der Waals surface area contributed by atoms with Gasteiger partial charge in [-0.05, 0) is 79.6 Å². The molecular weight excluding hydrogens is 318 g/mol. The van der Waals surface area contributed by atoms with Crippen molar-refractivity contribution in [2.45, 2.75) is 70.8 Å². The van der Waals surface area contributed by atoms with Crippen LogP contribution in [-0.2, 0) is 8.98 Å². The average molecular weight is 348 g/mol. The van der Waals surface area contributed by atoms with Crippen molar-refractivity contribution in [1.82, 2.24) is 4.72 Å². The fraction of sp³-hybridized carbons (Fsp3) is 0.850. The van der Waals surface area contributed by atoms with Gasteiger partial charge in [-0.25, -0.2) is 4.72 Å². The summed E-state index contributed by atoms with van der Waals surface area (Å²) in [5.74, 6) is 2.81. The Morgan fingerprint density at radius 3 is 2.75 bits per heavy atom. The molecule has 4 heteroatoms. The van der Waals surface area contributed by atoms with Crippen molar-refractivity contribution in [1.29, 1.82) is 0 Å². The van der Waals surface area contributed by atoms with E-state index in [1.54, 1.807) is 0 Å². The maximum Gasteiger partial charge on any atom is 0.155 e. The molecule has 1 aliphatic heterocycles. The van der Waals surface area contributed by atoms with Crippen molar-refractivity contribution >= 4 is 18.0 Å². The lowest BCUT2D eigenvalue weighted by Gasteiger charge is -2.59. The second-order valence-corrected chi connectivity index (χ2v) is 10.1. The van der Waals surface area contributed by atoms with E-state index in [0.29, 0.717) is 16.6 Å². The number of hydrogen-bond donors (Lipinski definition) is 1. The molecule has 1 saturated heterocycles. The standard InChI is InChI=1S/C20H29NO2S/c1-18-8-5-14(22)11-13(18)3-4-15-16(18)6-9-19(2)17(15)7-10-20(19)12-23-24-21-20/h11,15-17,21H,3-10,12H2,1-2H3/t15-,16+,17+,18+,19+,20?/m1/s1. The molecule has 3 saturated carbocycles. The van der Waals surface area contributed by atoms with E-state index < -0.39 is 0 Å². The van der Waals surface area contributed by atoms with Crippen molar-refractivity contribution < 1.29 is 8.98 Å². The smallest absolute Gasteiger partial charge is 0.155 e. The predicted octanol–water partition coefficient (Wildman–Crippen LogP) is 4.44. The largest absolute Gasteiger partial charge is 0.299 e. The van der Waals surface area contributed by atoms with Gasteiger partial charge in [-0.2, -0.15) is 0 Å². The van der Waals surface area contributed by atoms with Crippen LogP contribution in [0.5, 0.6) is 0 Å². The molecule has 24 heavy (non-hydrogen) atoms. The molecule has 1 N–H and O–H groups in total. The van der Waals surface area contributed by atoms with Gasteiger partial charge in [-0.1, -0.05) is 19.4 Å². The Morgan fingerprint density at radius 1 is 1.12 bits per heavy atom. The lowest BCUT2D eigenvalue weighted by atomic mass is 9.46. The van der Waals surface area contributed by atoms with Gasteiger partial charge in [0.05, 0.1) is 24.4 Å². The van der Waals surface area contributed by atoms with Gasteiger partial charge in [0.25, 0.3) is 0 Å². The third kappa shape index (κ3) is 1.86. The van der Waals surface area contributed by atoms with Crippen LogP contribution in [0.15, 0.2) is 11.6 Å². The number of fused-ring (bicyclic) bond motifs is 6. The van der Waals surface area contributed by atoms with Crippen molar-refractivity contribution in [2.75, 3.05) is 6.61 Å². The molecule has 0 aromatic heterocycles. The van der Waals surface area contributed by atoms with Gasteiger partial charge >= 0.3 is 0 Å². The van der Waals surface area contributed by atoms with Crippen molar-refractivity contribution in [3.63, 3.8) is 0 Å². The summed E-state index contributed by atoms with van der Waals surface area (Å²) in [6.07, 6.45) is 11.6. The van der Waals surface area contributed by atoms with E-state index in [0.717, 1.165) is 43.6 Å². The Balaban J connectivity index is 1.49.